The van der Waals surface area contributed by atoms with Crippen molar-refractivity contribution in [3.05, 3.63) is 24.2 Å². The largest absolute Gasteiger partial charge is 0.467 e. The molecular formula is C15H24N2O3. The monoisotopic (exact) mass is 280 g/mol. The molecule has 0 aliphatic carbocycles. The van der Waals surface area contributed by atoms with Crippen molar-refractivity contribution in [3.8, 4) is 0 Å². The summed E-state index contributed by atoms with van der Waals surface area (Å²) >= 11 is 0. The van der Waals surface area contributed by atoms with Crippen LogP contribution in [0, 0.1) is 0 Å². The lowest BCUT2D eigenvalue weighted by Crippen LogP contribution is -2.45. The van der Waals surface area contributed by atoms with E-state index in [2.05, 4.69) is 0 Å². The van der Waals surface area contributed by atoms with E-state index in [0.29, 0.717) is 12.2 Å². The second-order valence-corrected chi connectivity index (χ2v) is 5.21. The van der Waals surface area contributed by atoms with Crippen molar-refractivity contribution in [2.24, 2.45) is 0 Å². The number of rotatable bonds is 5. The van der Waals surface area contributed by atoms with Crippen LogP contribution in [0.4, 0.5) is 4.79 Å². The summed E-state index contributed by atoms with van der Waals surface area (Å²) in [6, 6.07) is 3.73. The molecule has 20 heavy (non-hydrogen) atoms. The van der Waals surface area contributed by atoms with Crippen LogP contribution in [0.25, 0.3) is 0 Å². The van der Waals surface area contributed by atoms with E-state index in [1.165, 1.54) is 0 Å². The molecule has 0 spiro atoms. The van der Waals surface area contributed by atoms with E-state index in [0.717, 1.165) is 32.5 Å². The number of furan rings is 1. The molecule has 1 aliphatic rings. The van der Waals surface area contributed by atoms with E-state index in [-0.39, 0.29) is 12.1 Å². The van der Waals surface area contributed by atoms with Gasteiger partial charge >= 0.3 is 6.03 Å². The number of aliphatic hydroxyl groups is 1. The Hall–Kier alpha value is -1.49. The molecule has 2 atom stereocenters. The second kappa shape index (κ2) is 6.79. The Bertz CT molecular complexity index is 415. The maximum atomic E-state index is 12.4. The van der Waals surface area contributed by atoms with Gasteiger partial charge < -0.3 is 19.3 Å². The fourth-order valence-electron chi connectivity index (χ4n) is 2.86. The van der Waals surface area contributed by atoms with Gasteiger partial charge in [0.25, 0.3) is 0 Å². The molecule has 1 saturated heterocycles. The number of carbonyl (C=O) groups is 1. The lowest BCUT2D eigenvalue weighted by atomic mass is 10.1. The van der Waals surface area contributed by atoms with Gasteiger partial charge in [0, 0.05) is 32.1 Å². The number of amides is 2. The standard InChI is InChI=1S/C15H24N2O3/c1-3-16(4-2)15(19)17-9-5-7-12(17)11-13(18)14-8-6-10-20-14/h6,8,10,12-13,18H,3-5,7,9,11H2,1-2H3/t12-,13+/m0/s1. The van der Waals surface area contributed by atoms with Crippen LogP contribution >= 0.6 is 0 Å². The van der Waals surface area contributed by atoms with Gasteiger partial charge in [0.1, 0.15) is 11.9 Å². The average molecular weight is 280 g/mol. The van der Waals surface area contributed by atoms with Crippen LogP contribution < -0.4 is 0 Å². The summed E-state index contributed by atoms with van der Waals surface area (Å²) in [5.41, 5.74) is 0. The van der Waals surface area contributed by atoms with Crippen LogP contribution in [0.5, 0.6) is 0 Å². The zero-order valence-electron chi connectivity index (χ0n) is 12.3. The Morgan fingerprint density at radius 1 is 1.55 bits per heavy atom. The summed E-state index contributed by atoms with van der Waals surface area (Å²) in [6.45, 7) is 6.21. The molecule has 1 aromatic heterocycles. The first-order chi connectivity index (χ1) is 9.67. The molecule has 5 heteroatoms. The van der Waals surface area contributed by atoms with Gasteiger partial charge in [-0.3, -0.25) is 0 Å². The molecule has 0 saturated carbocycles. The van der Waals surface area contributed by atoms with E-state index in [9.17, 15) is 9.90 Å². The molecular weight excluding hydrogens is 256 g/mol. The van der Waals surface area contributed by atoms with Crippen molar-refractivity contribution in [3.63, 3.8) is 0 Å². The van der Waals surface area contributed by atoms with Crippen molar-refractivity contribution in [1.82, 2.24) is 9.80 Å². The van der Waals surface area contributed by atoms with Crippen molar-refractivity contribution in [2.75, 3.05) is 19.6 Å². The summed E-state index contributed by atoms with van der Waals surface area (Å²) in [5, 5.41) is 10.2. The summed E-state index contributed by atoms with van der Waals surface area (Å²) in [5.74, 6) is 0.576. The maximum absolute atomic E-state index is 12.4. The number of carbonyl (C=O) groups excluding carboxylic acids is 1. The minimum atomic E-state index is -0.639. The van der Waals surface area contributed by atoms with Gasteiger partial charge in [-0.2, -0.15) is 0 Å². The quantitative estimate of drug-likeness (QED) is 0.902. The highest BCUT2D eigenvalue weighted by molar-refractivity contribution is 5.75. The molecule has 5 nitrogen and oxygen atoms in total. The molecule has 1 N–H and O–H groups in total. The molecule has 1 fully saturated rings. The van der Waals surface area contributed by atoms with E-state index in [1.54, 1.807) is 18.4 Å². The molecule has 112 valence electrons. The lowest BCUT2D eigenvalue weighted by molar-refractivity contribution is 0.0988. The van der Waals surface area contributed by atoms with Crippen LogP contribution in [-0.2, 0) is 0 Å². The highest BCUT2D eigenvalue weighted by Crippen LogP contribution is 2.28. The second-order valence-electron chi connectivity index (χ2n) is 5.21. The molecule has 0 radical (unpaired) electrons. The van der Waals surface area contributed by atoms with Gasteiger partial charge in [0.15, 0.2) is 0 Å². The van der Waals surface area contributed by atoms with Crippen LogP contribution in [0.3, 0.4) is 0 Å². The summed E-state index contributed by atoms with van der Waals surface area (Å²) < 4.78 is 5.23. The van der Waals surface area contributed by atoms with E-state index in [4.69, 9.17) is 4.42 Å². The average Bonchev–Trinajstić information content (AvgIpc) is 3.11. The number of hydrogen-bond donors (Lipinski definition) is 1. The van der Waals surface area contributed by atoms with Gasteiger partial charge in [-0.05, 0) is 38.8 Å². The van der Waals surface area contributed by atoms with Crippen LogP contribution in [0.1, 0.15) is 45.0 Å². The van der Waals surface area contributed by atoms with Gasteiger partial charge in [-0.1, -0.05) is 0 Å². The summed E-state index contributed by atoms with van der Waals surface area (Å²) in [7, 11) is 0. The highest BCUT2D eigenvalue weighted by atomic mass is 16.4. The first-order valence-corrected chi connectivity index (χ1v) is 7.44. The Morgan fingerprint density at radius 2 is 2.30 bits per heavy atom. The first-order valence-electron chi connectivity index (χ1n) is 7.44. The number of likely N-dealkylation sites (tertiary alicyclic amines) is 1. The molecule has 2 rings (SSSR count). The van der Waals surface area contributed by atoms with Crippen molar-refractivity contribution in [1.29, 1.82) is 0 Å². The Labute approximate surface area is 120 Å². The fourth-order valence-corrected chi connectivity index (χ4v) is 2.86. The molecule has 2 amide bonds. The molecule has 1 aromatic rings. The first kappa shape index (κ1) is 14.9. The zero-order chi connectivity index (χ0) is 14.5. The summed E-state index contributed by atoms with van der Waals surface area (Å²) in [4.78, 5) is 16.2. The van der Waals surface area contributed by atoms with Crippen molar-refractivity contribution < 1.29 is 14.3 Å². The number of nitrogens with zero attached hydrogens (tertiary/aromatic N) is 2. The predicted molar refractivity (Wildman–Crippen MR) is 76.3 cm³/mol. The topological polar surface area (TPSA) is 56.9 Å². The van der Waals surface area contributed by atoms with Crippen LogP contribution in [0.2, 0.25) is 0 Å². The lowest BCUT2D eigenvalue weighted by Gasteiger charge is -2.31. The Balaban J connectivity index is 1.98. The highest BCUT2D eigenvalue weighted by Gasteiger charge is 2.32. The Kier molecular flexibility index (Phi) is 5.06. The predicted octanol–water partition coefficient (Wildman–Crippen LogP) is 2.63. The SMILES string of the molecule is CCN(CC)C(=O)N1CCC[C@H]1C[C@@H](O)c1ccco1. The summed E-state index contributed by atoms with van der Waals surface area (Å²) in [6.07, 6.45) is 3.42. The third-order valence-electron chi connectivity index (χ3n) is 4.02. The molecule has 0 bridgehead atoms. The van der Waals surface area contributed by atoms with Crippen LogP contribution in [0.15, 0.2) is 22.8 Å². The number of urea groups is 1. The maximum Gasteiger partial charge on any atom is 0.320 e. The van der Waals surface area contributed by atoms with Gasteiger partial charge in [-0.15, -0.1) is 0 Å². The third kappa shape index (κ3) is 3.15. The smallest absolute Gasteiger partial charge is 0.320 e. The van der Waals surface area contributed by atoms with Gasteiger partial charge in [0.05, 0.1) is 6.26 Å². The van der Waals surface area contributed by atoms with E-state index >= 15 is 0 Å². The normalized spacial score (nSPS) is 20.1. The number of aliphatic hydroxyl groups excluding tert-OH is 1. The third-order valence-corrected chi connectivity index (χ3v) is 4.02. The zero-order valence-corrected chi connectivity index (χ0v) is 12.3. The van der Waals surface area contributed by atoms with Crippen molar-refractivity contribution >= 4 is 6.03 Å². The number of hydrogen-bond acceptors (Lipinski definition) is 3. The minimum absolute atomic E-state index is 0.0872. The molecule has 0 aromatic carbocycles. The fraction of sp³-hybridized carbons (Fsp3) is 0.667. The van der Waals surface area contributed by atoms with E-state index < -0.39 is 6.10 Å². The van der Waals surface area contributed by atoms with Crippen molar-refractivity contribution in [2.45, 2.75) is 45.3 Å². The molecule has 1 aliphatic heterocycles. The van der Waals surface area contributed by atoms with Crippen LogP contribution in [-0.4, -0.2) is 46.6 Å². The Morgan fingerprint density at radius 3 is 2.90 bits per heavy atom. The molecule has 2 heterocycles. The van der Waals surface area contributed by atoms with E-state index in [1.807, 2.05) is 23.6 Å². The van der Waals surface area contributed by atoms with Gasteiger partial charge in [-0.25, -0.2) is 4.79 Å². The van der Waals surface area contributed by atoms with Gasteiger partial charge in [0.2, 0.25) is 0 Å². The minimum Gasteiger partial charge on any atom is -0.467 e. The molecule has 0 unspecified atom stereocenters.